The molecule has 0 aliphatic carbocycles. The van der Waals surface area contributed by atoms with Crippen molar-refractivity contribution in [3.05, 3.63) is 47.4 Å². The van der Waals surface area contributed by atoms with Crippen molar-refractivity contribution < 1.29 is 37.8 Å². The lowest BCUT2D eigenvalue weighted by Crippen LogP contribution is -2.49. The first-order valence-electron chi connectivity index (χ1n) is 9.26. The minimum absolute atomic E-state index is 0.0125. The first kappa shape index (κ1) is 22.9. The van der Waals surface area contributed by atoms with E-state index in [1.165, 1.54) is 6.07 Å². The van der Waals surface area contributed by atoms with Crippen molar-refractivity contribution in [2.24, 2.45) is 5.73 Å². The molecular weight excluding hydrogens is 435 g/mol. The van der Waals surface area contributed by atoms with Crippen LogP contribution in [0.5, 0.6) is 0 Å². The Morgan fingerprint density at radius 1 is 1.22 bits per heavy atom. The number of alkyl halides is 3. The summed E-state index contributed by atoms with van der Waals surface area (Å²) < 4.78 is 38.1. The zero-order chi connectivity index (χ0) is 23.6. The number of halogens is 3. The smallest absolute Gasteiger partial charge is 0.433 e. The minimum Gasteiger partial charge on any atom is -0.465 e. The average molecular weight is 453 g/mol. The standard InChI is InChI=1S/C19H18F3N5O5/c20-19(21,22)14-2-1-9(6-25-14)12-5-10(11(8-24-12)16(23)29)7-26-17(30)15-13(28)3-4-27(15)18(31)32/h1-2,5-6,8,13,15,28H,3-4,7H2,(H2,23,29)(H,26,30)(H,31,32)/t13-,15+/m1/s1. The van der Waals surface area contributed by atoms with Crippen LogP contribution in [0.4, 0.5) is 18.0 Å². The van der Waals surface area contributed by atoms with Gasteiger partial charge in [0.1, 0.15) is 11.7 Å². The van der Waals surface area contributed by atoms with Crippen LogP contribution < -0.4 is 11.1 Å². The molecule has 0 aromatic carbocycles. The van der Waals surface area contributed by atoms with E-state index in [2.05, 4.69) is 15.3 Å². The number of aliphatic hydroxyl groups excluding tert-OH is 1. The number of pyridine rings is 2. The summed E-state index contributed by atoms with van der Waals surface area (Å²) in [6.45, 7) is -0.279. The van der Waals surface area contributed by atoms with Crippen molar-refractivity contribution in [2.45, 2.75) is 31.3 Å². The van der Waals surface area contributed by atoms with E-state index in [1.807, 2.05) is 0 Å². The number of rotatable bonds is 5. The van der Waals surface area contributed by atoms with Gasteiger partial charge in [0.2, 0.25) is 5.91 Å². The maximum atomic E-state index is 12.7. The molecule has 13 heteroatoms. The van der Waals surface area contributed by atoms with Crippen molar-refractivity contribution in [3.63, 3.8) is 0 Å². The third kappa shape index (κ3) is 4.77. The predicted octanol–water partition coefficient (Wildman–Crippen LogP) is 0.991. The maximum Gasteiger partial charge on any atom is 0.433 e. The molecule has 0 unspecified atom stereocenters. The van der Waals surface area contributed by atoms with Crippen LogP contribution in [0, 0.1) is 0 Å². The molecule has 10 nitrogen and oxygen atoms in total. The second kappa shape index (κ2) is 8.78. The molecule has 0 bridgehead atoms. The summed E-state index contributed by atoms with van der Waals surface area (Å²) in [6.07, 6.45) is -4.97. The number of carbonyl (C=O) groups excluding carboxylic acids is 2. The van der Waals surface area contributed by atoms with Crippen LogP contribution in [0.25, 0.3) is 11.3 Å². The van der Waals surface area contributed by atoms with Crippen molar-refractivity contribution in [2.75, 3.05) is 6.54 Å². The highest BCUT2D eigenvalue weighted by Gasteiger charge is 2.41. The highest BCUT2D eigenvalue weighted by molar-refractivity contribution is 5.94. The Balaban J connectivity index is 1.83. The van der Waals surface area contributed by atoms with E-state index < -0.39 is 41.9 Å². The zero-order valence-electron chi connectivity index (χ0n) is 16.3. The van der Waals surface area contributed by atoms with Gasteiger partial charge in [-0.15, -0.1) is 0 Å². The van der Waals surface area contributed by atoms with Gasteiger partial charge in [-0.2, -0.15) is 13.2 Å². The number of hydrogen-bond acceptors (Lipinski definition) is 6. The van der Waals surface area contributed by atoms with Crippen molar-refractivity contribution in [1.29, 1.82) is 0 Å². The molecule has 2 aromatic heterocycles. The summed E-state index contributed by atoms with van der Waals surface area (Å²) in [6, 6.07) is 1.97. The van der Waals surface area contributed by atoms with Crippen LogP contribution in [-0.4, -0.2) is 61.7 Å². The van der Waals surface area contributed by atoms with E-state index in [1.54, 1.807) is 0 Å². The Bertz CT molecular complexity index is 1040. The van der Waals surface area contributed by atoms with E-state index in [0.717, 1.165) is 29.4 Å². The number of likely N-dealkylation sites (tertiary alicyclic amines) is 1. The van der Waals surface area contributed by atoms with Crippen molar-refractivity contribution in [3.8, 4) is 11.3 Å². The molecule has 1 fully saturated rings. The summed E-state index contributed by atoms with van der Waals surface area (Å²) >= 11 is 0. The number of nitrogens with two attached hydrogens (primary N) is 1. The largest absolute Gasteiger partial charge is 0.465 e. The van der Waals surface area contributed by atoms with Gasteiger partial charge in [0.25, 0.3) is 5.91 Å². The van der Waals surface area contributed by atoms with Gasteiger partial charge in [-0.1, -0.05) is 0 Å². The van der Waals surface area contributed by atoms with Gasteiger partial charge >= 0.3 is 12.3 Å². The molecule has 170 valence electrons. The van der Waals surface area contributed by atoms with Gasteiger partial charge in [0.15, 0.2) is 0 Å². The summed E-state index contributed by atoms with van der Waals surface area (Å²) in [5, 5.41) is 21.6. The number of nitrogens with one attached hydrogen (secondary N) is 1. The highest BCUT2D eigenvalue weighted by Crippen LogP contribution is 2.29. The fraction of sp³-hybridized carbons (Fsp3) is 0.316. The molecule has 32 heavy (non-hydrogen) atoms. The molecule has 3 rings (SSSR count). The van der Waals surface area contributed by atoms with Crippen LogP contribution >= 0.6 is 0 Å². The SMILES string of the molecule is NC(=O)c1cnc(-c2ccc(C(F)(F)F)nc2)cc1CNC(=O)[C@@H]1[C@H](O)CCN1C(=O)O. The molecule has 0 radical (unpaired) electrons. The monoisotopic (exact) mass is 453 g/mol. The number of nitrogens with zero attached hydrogens (tertiary/aromatic N) is 3. The Morgan fingerprint density at radius 2 is 1.94 bits per heavy atom. The molecule has 1 saturated heterocycles. The first-order chi connectivity index (χ1) is 15.0. The summed E-state index contributed by atoms with van der Waals surface area (Å²) in [7, 11) is 0. The molecule has 2 atom stereocenters. The Morgan fingerprint density at radius 3 is 2.50 bits per heavy atom. The Labute approximate surface area is 178 Å². The van der Waals surface area contributed by atoms with Gasteiger partial charge in [-0.3, -0.25) is 24.5 Å². The molecule has 5 N–H and O–H groups in total. The topological polar surface area (TPSA) is 159 Å². The van der Waals surface area contributed by atoms with E-state index in [0.29, 0.717) is 0 Å². The molecule has 2 aromatic rings. The number of hydrogen-bond donors (Lipinski definition) is 4. The second-order valence-corrected chi connectivity index (χ2v) is 7.02. The average Bonchev–Trinajstić information content (AvgIpc) is 3.13. The number of carboxylic acid groups (broad SMARTS) is 1. The Kier molecular flexibility index (Phi) is 6.30. The van der Waals surface area contributed by atoms with Crippen LogP contribution in [0.2, 0.25) is 0 Å². The summed E-state index contributed by atoms with van der Waals surface area (Å²) in [5.41, 5.74) is 4.80. The predicted molar refractivity (Wildman–Crippen MR) is 102 cm³/mol. The molecule has 3 heterocycles. The quantitative estimate of drug-likeness (QED) is 0.525. The minimum atomic E-state index is -4.61. The van der Waals surface area contributed by atoms with Crippen LogP contribution in [0.15, 0.2) is 30.6 Å². The van der Waals surface area contributed by atoms with Gasteiger partial charge in [0, 0.05) is 31.0 Å². The summed E-state index contributed by atoms with van der Waals surface area (Å²) in [5.74, 6) is -1.63. The van der Waals surface area contributed by atoms with E-state index >= 15 is 0 Å². The number of aromatic nitrogens is 2. The molecule has 1 aliphatic heterocycles. The zero-order valence-corrected chi connectivity index (χ0v) is 16.3. The van der Waals surface area contributed by atoms with Crippen molar-refractivity contribution in [1.82, 2.24) is 20.2 Å². The molecular formula is C19H18F3N5O5. The van der Waals surface area contributed by atoms with Crippen LogP contribution in [0.3, 0.4) is 0 Å². The number of carbonyl (C=O) groups is 3. The fourth-order valence-electron chi connectivity index (χ4n) is 3.33. The van der Waals surface area contributed by atoms with Gasteiger partial charge in [-0.25, -0.2) is 4.79 Å². The molecule has 1 aliphatic rings. The van der Waals surface area contributed by atoms with Crippen LogP contribution in [0.1, 0.15) is 28.0 Å². The second-order valence-electron chi connectivity index (χ2n) is 7.02. The van der Waals surface area contributed by atoms with Gasteiger partial charge in [-0.05, 0) is 30.2 Å². The van der Waals surface area contributed by atoms with E-state index in [4.69, 9.17) is 5.73 Å². The number of amides is 3. The fourth-order valence-corrected chi connectivity index (χ4v) is 3.33. The highest BCUT2D eigenvalue weighted by atomic mass is 19.4. The Hall–Kier alpha value is -3.74. The molecule has 3 amide bonds. The van der Waals surface area contributed by atoms with Crippen molar-refractivity contribution >= 4 is 17.9 Å². The third-order valence-electron chi connectivity index (χ3n) is 4.94. The first-order valence-corrected chi connectivity index (χ1v) is 9.26. The lowest BCUT2D eigenvalue weighted by Gasteiger charge is -2.22. The number of aliphatic hydroxyl groups is 1. The lowest BCUT2D eigenvalue weighted by molar-refractivity contribution is -0.141. The lowest BCUT2D eigenvalue weighted by atomic mass is 10.0. The molecule has 0 spiro atoms. The van der Waals surface area contributed by atoms with Gasteiger partial charge < -0.3 is 21.3 Å². The van der Waals surface area contributed by atoms with Gasteiger partial charge in [0.05, 0.1) is 17.4 Å². The molecule has 0 saturated carbocycles. The number of primary amides is 1. The summed E-state index contributed by atoms with van der Waals surface area (Å²) in [4.78, 5) is 43.6. The maximum absolute atomic E-state index is 12.7. The van der Waals surface area contributed by atoms with E-state index in [9.17, 15) is 37.8 Å². The van der Waals surface area contributed by atoms with Crippen LogP contribution in [-0.2, 0) is 17.5 Å². The normalized spacial score (nSPS) is 18.4. The third-order valence-corrected chi connectivity index (χ3v) is 4.94. The van der Waals surface area contributed by atoms with E-state index in [-0.39, 0.29) is 41.9 Å².